The van der Waals surface area contributed by atoms with Crippen LogP contribution in [0.4, 0.5) is 10.5 Å². The molecule has 0 saturated carbocycles. The van der Waals surface area contributed by atoms with E-state index >= 15 is 0 Å². The first-order valence-electron chi connectivity index (χ1n) is 11.0. The van der Waals surface area contributed by atoms with Crippen LogP contribution in [-0.2, 0) is 4.74 Å². The lowest BCUT2D eigenvalue weighted by Gasteiger charge is -2.30. The number of rotatable bonds is 4. The Kier molecular flexibility index (Phi) is 7.18. The summed E-state index contributed by atoms with van der Waals surface area (Å²) < 4.78 is 5.49. The number of para-hydroxylation sites is 1. The van der Waals surface area contributed by atoms with Crippen molar-refractivity contribution >= 4 is 17.5 Å². The van der Waals surface area contributed by atoms with Gasteiger partial charge in [-0.2, -0.15) is 0 Å². The number of carbonyl (C=O) groups excluding carboxylic acids is 1. The van der Waals surface area contributed by atoms with Gasteiger partial charge in [-0.3, -0.25) is 0 Å². The molecule has 1 amide bonds. The number of nitrogens with two attached hydrogens (primary N) is 1. The predicted octanol–water partition coefficient (Wildman–Crippen LogP) is 5.92. The fourth-order valence-electron chi connectivity index (χ4n) is 3.59. The number of ether oxygens (including phenoxy) is 1. The molecule has 2 N–H and O–H groups in total. The molecule has 2 aromatic rings. The van der Waals surface area contributed by atoms with Crippen molar-refractivity contribution in [1.29, 1.82) is 0 Å². The Morgan fingerprint density at radius 1 is 1.06 bits per heavy atom. The molecule has 0 bridgehead atoms. The standard InChI is InChI=1S/C27H33N3O2/c1-19-11-9-10-14-23(19)25(29-22-12-7-6-8-13-22)20(2)24(28)21-15-17-30(18-16-21)26(31)32-27(3,4)5/h6-15H,16-18,28H2,1-5H3/b24-20-,29-25?. The Balaban J connectivity index is 1.93. The molecular weight excluding hydrogens is 398 g/mol. The lowest BCUT2D eigenvalue weighted by atomic mass is 9.94. The number of amides is 1. The molecule has 0 atom stereocenters. The Morgan fingerprint density at radius 3 is 2.31 bits per heavy atom. The molecule has 0 saturated heterocycles. The molecule has 32 heavy (non-hydrogen) atoms. The molecule has 0 spiro atoms. The number of carbonyl (C=O) groups is 1. The third-order valence-corrected chi connectivity index (χ3v) is 5.36. The fraction of sp³-hybridized carbons (Fsp3) is 0.333. The Labute approximate surface area is 191 Å². The molecule has 0 radical (unpaired) electrons. The van der Waals surface area contributed by atoms with Gasteiger partial charge in [-0.1, -0.05) is 48.5 Å². The maximum absolute atomic E-state index is 12.4. The van der Waals surface area contributed by atoms with Gasteiger partial charge < -0.3 is 15.4 Å². The van der Waals surface area contributed by atoms with Gasteiger partial charge in [0.05, 0.1) is 11.4 Å². The summed E-state index contributed by atoms with van der Waals surface area (Å²) in [6, 6.07) is 18.1. The minimum Gasteiger partial charge on any atom is -0.444 e. The van der Waals surface area contributed by atoms with Gasteiger partial charge in [-0.05, 0) is 69.9 Å². The quantitative estimate of drug-likeness (QED) is 0.611. The van der Waals surface area contributed by atoms with Crippen molar-refractivity contribution in [3.63, 3.8) is 0 Å². The highest BCUT2D eigenvalue weighted by Crippen LogP contribution is 2.25. The maximum atomic E-state index is 12.4. The first-order valence-corrected chi connectivity index (χ1v) is 11.0. The van der Waals surface area contributed by atoms with Crippen LogP contribution in [0.3, 0.4) is 0 Å². The van der Waals surface area contributed by atoms with Gasteiger partial charge in [0.2, 0.25) is 0 Å². The summed E-state index contributed by atoms with van der Waals surface area (Å²) in [4.78, 5) is 19.0. The zero-order chi connectivity index (χ0) is 23.3. The van der Waals surface area contributed by atoms with Crippen LogP contribution in [0.5, 0.6) is 0 Å². The topological polar surface area (TPSA) is 67.9 Å². The molecule has 0 unspecified atom stereocenters. The van der Waals surface area contributed by atoms with Crippen LogP contribution in [0.1, 0.15) is 45.2 Å². The van der Waals surface area contributed by atoms with Crippen LogP contribution in [0.2, 0.25) is 0 Å². The summed E-state index contributed by atoms with van der Waals surface area (Å²) >= 11 is 0. The van der Waals surface area contributed by atoms with Crippen molar-refractivity contribution in [2.45, 2.75) is 46.6 Å². The van der Waals surface area contributed by atoms with Gasteiger partial charge >= 0.3 is 6.09 Å². The normalized spacial score (nSPS) is 15.7. The van der Waals surface area contributed by atoms with Crippen LogP contribution in [0.15, 0.2) is 82.5 Å². The van der Waals surface area contributed by atoms with Crippen molar-refractivity contribution in [1.82, 2.24) is 4.90 Å². The van der Waals surface area contributed by atoms with E-state index in [1.165, 1.54) is 0 Å². The number of benzene rings is 2. The highest BCUT2D eigenvalue weighted by Gasteiger charge is 2.25. The van der Waals surface area contributed by atoms with E-state index < -0.39 is 5.60 Å². The molecular formula is C27H33N3O2. The van der Waals surface area contributed by atoms with E-state index in [4.69, 9.17) is 15.5 Å². The van der Waals surface area contributed by atoms with E-state index in [1.54, 1.807) is 4.90 Å². The Bertz CT molecular complexity index is 1060. The highest BCUT2D eigenvalue weighted by atomic mass is 16.6. The zero-order valence-corrected chi connectivity index (χ0v) is 19.7. The number of hydrogen-bond donors (Lipinski definition) is 1. The predicted molar refractivity (Wildman–Crippen MR) is 131 cm³/mol. The summed E-state index contributed by atoms with van der Waals surface area (Å²) in [7, 11) is 0. The van der Waals surface area contributed by atoms with Crippen LogP contribution in [-0.4, -0.2) is 35.4 Å². The minimum atomic E-state index is -0.507. The van der Waals surface area contributed by atoms with Crippen molar-refractivity contribution in [2.24, 2.45) is 10.7 Å². The van der Waals surface area contributed by atoms with Gasteiger partial charge in [-0.15, -0.1) is 0 Å². The van der Waals surface area contributed by atoms with Crippen LogP contribution < -0.4 is 5.73 Å². The van der Waals surface area contributed by atoms with Crippen molar-refractivity contribution in [3.05, 3.63) is 88.6 Å². The Morgan fingerprint density at radius 2 is 1.72 bits per heavy atom. The molecule has 0 aromatic heterocycles. The van der Waals surface area contributed by atoms with E-state index in [1.807, 2.05) is 76.2 Å². The van der Waals surface area contributed by atoms with Crippen molar-refractivity contribution < 1.29 is 9.53 Å². The second-order valence-corrected chi connectivity index (χ2v) is 9.06. The minimum absolute atomic E-state index is 0.293. The molecule has 1 heterocycles. The SMILES string of the molecule is C/C(C(=Nc1ccccc1)c1ccccc1C)=C(/N)C1=CCN(C(=O)OC(C)(C)C)CC1. The van der Waals surface area contributed by atoms with E-state index in [-0.39, 0.29) is 6.09 Å². The number of aliphatic imine (C=N–C) groups is 1. The molecule has 2 aromatic carbocycles. The summed E-state index contributed by atoms with van der Waals surface area (Å²) in [6.07, 6.45) is 2.40. The summed E-state index contributed by atoms with van der Waals surface area (Å²) in [6.45, 7) is 10.8. The Hall–Kier alpha value is -3.34. The number of nitrogens with zero attached hydrogens (tertiary/aromatic N) is 2. The molecule has 1 aliphatic heterocycles. The van der Waals surface area contributed by atoms with Gasteiger partial charge in [-0.25, -0.2) is 9.79 Å². The van der Waals surface area contributed by atoms with Gasteiger partial charge in [0.25, 0.3) is 0 Å². The molecule has 3 rings (SSSR count). The number of aryl methyl sites for hydroxylation is 1. The third kappa shape index (κ3) is 5.88. The molecule has 5 heteroatoms. The van der Waals surface area contributed by atoms with E-state index in [2.05, 4.69) is 19.1 Å². The lowest BCUT2D eigenvalue weighted by molar-refractivity contribution is 0.0266. The lowest BCUT2D eigenvalue weighted by Crippen LogP contribution is -2.39. The maximum Gasteiger partial charge on any atom is 0.410 e. The highest BCUT2D eigenvalue weighted by molar-refractivity contribution is 6.14. The van der Waals surface area contributed by atoms with E-state index in [9.17, 15) is 4.79 Å². The first-order chi connectivity index (χ1) is 15.2. The number of hydrogen-bond acceptors (Lipinski definition) is 4. The monoisotopic (exact) mass is 431 g/mol. The van der Waals surface area contributed by atoms with Gasteiger partial charge in [0, 0.05) is 24.4 Å². The van der Waals surface area contributed by atoms with Crippen LogP contribution in [0.25, 0.3) is 0 Å². The average Bonchev–Trinajstić information content (AvgIpc) is 2.77. The van der Waals surface area contributed by atoms with E-state index in [0.29, 0.717) is 25.2 Å². The first kappa shape index (κ1) is 23.3. The van der Waals surface area contributed by atoms with Gasteiger partial charge in [0.15, 0.2) is 0 Å². The van der Waals surface area contributed by atoms with Crippen molar-refractivity contribution in [2.75, 3.05) is 13.1 Å². The fourth-order valence-corrected chi connectivity index (χ4v) is 3.59. The van der Waals surface area contributed by atoms with Crippen LogP contribution in [0, 0.1) is 6.92 Å². The van der Waals surface area contributed by atoms with Crippen molar-refractivity contribution in [3.8, 4) is 0 Å². The average molecular weight is 432 g/mol. The molecule has 1 aliphatic rings. The zero-order valence-electron chi connectivity index (χ0n) is 19.7. The molecule has 0 aliphatic carbocycles. The summed E-state index contributed by atoms with van der Waals surface area (Å²) in [5.41, 5.74) is 12.8. The third-order valence-electron chi connectivity index (χ3n) is 5.36. The van der Waals surface area contributed by atoms with Crippen LogP contribution >= 0.6 is 0 Å². The van der Waals surface area contributed by atoms with E-state index in [0.717, 1.165) is 33.7 Å². The second-order valence-electron chi connectivity index (χ2n) is 9.06. The molecule has 5 nitrogen and oxygen atoms in total. The molecule has 168 valence electrons. The molecule has 0 fully saturated rings. The van der Waals surface area contributed by atoms with Gasteiger partial charge in [0.1, 0.15) is 5.60 Å². The second kappa shape index (κ2) is 9.86. The smallest absolute Gasteiger partial charge is 0.410 e. The summed E-state index contributed by atoms with van der Waals surface area (Å²) in [5.74, 6) is 0. The largest absolute Gasteiger partial charge is 0.444 e. The number of allylic oxidation sites excluding steroid dienone is 2. The summed E-state index contributed by atoms with van der Waals surface area (Å²) in [5, 5.41) is 0.